The maximum absolute atomic E-state index is 11.5. The van der Waals surface area contributed by atoms with Crippen molar-refractivity contribution in [3.05, 3.63) is 46.9 Å². The molecule has 3 rings (SSSR count). The fourth-order valence-corrected chi connectivity index (χ4v) is 1.98. The summed E-state index contributed by atoms with van der Waals surface area (Å²) >= 11 is 0. The summed E-state index contributed by atoms with van der Waals surface area (Å²) in [6.45, 7) is 0.497. The van der Waals surface area contributed by atoms with Gasteiger partial charge in [-0.15, -0.1) is 0 Å². The molecule has 0 saturated heterocycles. The molecule has 13 heavy (non-hydrogen) atoms. The molecule has 1 heterocycles. The molecular formula is C11H8NO+. The lowest BCUT2D eigenvalue weighted by atomic mass is 10.1. The molecule has 0 N–H and O–H groups in total. The van der Waals surface area contributed by atoms with Crippen LogP contribution >= 0.6 is 0 Å². The number of rotatable bonds is 0. The highest BCUT2D eigenvalue weighted by molar-refractivity contribution is 5.94. The van der Waals surface area contributed by atoms with Crippen molar-refractivity contribution in [2.45, 2.75) is 6.54 Å². The molecule has 0 bridgehead atoms. The summed E-state index contributed by atoms with van der Waals surface area (Å²) in [7, 11) is 0. The molecule has 0 saturated carbocycles. The molecule has 0 atom stereocenters. The molecule has 0 aliphatic carbocycles. The third kappa shape index (κ3) is 0.773. The third-order valence-electron chi connectivity index (χ3n) is 2.55. The van der Waals surface area contributed by atoms with E-state index in [1.54, 1.807) is 0 Å². The Kier molecular flexibility index (Phi) is 1.13. The van der Waals surface area contributed by atoms with Crippen molar-refractivity contribution < 1.29 is 4.76 Å². The summed E-state index contributed by atoms with van der Waals surface area (Å²) in [6.07, 6.45) is 0. The molecule has 2 nitrogen and oxygen atoms in total. The SMILES string of the molecule is O=[N+]1Cc2cccc3cccc1c23. The maximum atomic E-state index is 11.5. The monoisotopic (exact) mass is 170 g/mol. The Hall–Kier alpha value is -1.70. The van der Waals surface area contributed by atoms with E-state index < -0.39 is 0 Å². The predicted molar refractivity (Wildman–Crippen MR) is 50.9 cm³/mol. The minimum absolute atomic E-state index is 0.497. The average molecular weight is 170 g/mol. The zero-order chi connectivity index (χ0) is 8.84. The molecule has 0 radical (unpaired) electrons. The average Bonchev–Trinajstić information content (AvgIpc) is 2.47. The quantitative estimate of drug-likeness (QED) is 0.556. The number of benzene rings is 2. The predicted octanol–water partition coefficient (Wildman–Crippen LogP) is 2.76. The molecule has 2 aromatic rings. The number of nitrogens with zero attached hydrogens (tertiary/aromatic N) is 1. The van der Waals surface area contributed by atoms with Crippen LogP contribution in [-0.4, -0.2) is 4.76 Å². The lowest BCUT2D eigenvalue weighted by Crippen LogP contribution is -1.91. The molecular weight excluding hydrogens is 162 g/mol. The smallest absolute Gasteiger partial charge is 0.0611 e. The van der Waals surface area contributed by atoms with Gasteiger partial charge in [-0.05, 0) is 5.39 Å². The van der Waals surface area contributed by atoms with E-state index >= 15 is 0 Å². The first-order chi connectivity index (χ1) is 6.36. The third-order valence-corrected chi connectivity index (χ3v) is 2.55. The summed E-state index contributed by atoms with van der Waals surface area (Å²) in [4.78, 5) is 11.5. The van der Waals surface area contributed by atoms with Crippen molar-refractivity contribution in [1.82, 2.24) is 0 Å². The van der Waals surface area contributed by atoms with Gasteiger partial charge in [0.15, 0.2) is 0 Å². The van der Waals surface area contributed by atoms with E-state index in [1.165, 1.54) is 0 Å². The van der Waals surface area contributed by atoms with Gasteiger partial charge in [-0.3, -0.25) is 0 Å². The van der Waals surface area contributed by atoms with Gasteiger partial charge in [-0.25, -0.2) is 0 Å². The van der Waals surface area contributed by atoms with Gasteiger partial charge in [0.25, 0.3) is 5.69 Å². The van der Waals surface area contributed by atoms with E-state index in [1.807, 2.05) is 36.4 Å². The molecule has 62 valence electrons. The number of hydrogen-bond acceptors (Lipinski definition) is 1. The fourth-order valence-electron chi connectivity index (χ4n) is 1.98. The molecule has 2 heteroatoms. The van der Waals surface area contributed by atoms with Crippen molar-refractivity contribution in [2.24, 2.45) is 0 Å². The van der Waals surface area contributed by atoms with Crippen molar-refractivity contribution in [3.8, 4) is 0 Å². The first kappa shape index (κ1) is 6.78. The van der Waals surface area contributed by atoms with Crippen LogP contribution in [0.1, 0.15) is 5.56 Å². The number of hydrogen-bond donors (Lipinski definition) is 0. The van der Waals surface area contributed by atoms with Crippen molar-refractivity contribution in [2.75, 3.05) is 0 Å². The summed E-state index contributed by atoms with van der Waals surface area (Å²) in [5.41, 5.74) is 1.95. The van der Waals surface area contributed by atoms with Crippen LogP contribution in [0, 0.1) is 4.91 Å². The van der Waals surface area contributed by atoms with Crippen LogP contribution in [0.5, 0.6) is 0 Å². The van der Waals surface area contributed by atoms with E-state index in [0.29, 0.717) is 6.54 Å². The Morgan fingerprint density at radius 1 is 1.08 bits per heavy atom. The first-order valence-electron chi connectivity index (χ1n) is 4.31. The summed E-state index contributed by atoms with van der Waals surface area (Å²) in [6, 6.07) is 11.9. The molecule has 0 amide bonds. The largest absolute Gasteiger partial charge is 0.264 e. The van der Waals surface area contributed by atoms with Crippen LogP contribution in [0.3, 0.4) is 0 Å². The highest BCUT2D eigenvalue weighted by Crippen LogP contribution is 2.35. The summed E-state index contributed by atoms with van der Waals surface area (Å²) in [5.74, 6) is 0. The molecule has 1 aliphatic rings. The number of nitroso groups, excluding NO2 is 1. The molecule has 0 aromatic heterocycles. The van der Waals surface area contributed by atoms with Crippen LogP contribution in [0.15, 0.2) is 36.4 Å². The van der Waals surface area contributed by atoms with Crippen LogP contribution in [0.25, 0.3) is 10.8 Å². The Morgan fingerprint density at radius 2 is 1.85 bits per heavy atom. The Bertz CT molecular complexity index is 511. The van der Waals surface area contributed by atoms with Gasteiger partial charge in [-0.2, -0.15) is 0 Å². The molecule has 2 aromatic carbocycles. The van der Waals surface area contributed by atoms with E-state index in [4.69, 9.17) is 0 Å². The molecule has 1 aliphatic heterocycles. The second-order valence-corrected chi connectivity index (χ2v) is 3.33. The zero-order valence-corrected chi connectivity index (χ0v) is 7.03. The van der Waals surface area contributed by atoms with Gasteiger partial charge in [0.05, 0.1) is 5.39 Å². The molecule has 0 unspecified atom stereocenters. The van der Waals surface area contributed by atoms with Crippen molar-refractivity contribution in [1.29, 1.82) is 0 Å². The van der Waals surface area contributed by atoms with E-state index in [9.17, 15) is 4.91 Å². The van der Waals surface area contributed by atoms with Crippen LogP contribution in [0.2, 0.25) is 0 Å². The lowest BCUT2D eigenvalue weighted by Gasteiger charge is -1.92. The second-order valence-electron chi connectivity index (χ2n) is 3.33. The summed E-state index contributed by atoms with van der Waals surface area (Å²) < 4.78 is 1.05. The molecule has 0 spiro atoms. The van der Waals surface area contributed by atoms with Gasteiger partial charge in [0, 0.05) is 21.3 Å². The second kappa shape index (κ2) is 2.16. The first-order valence-corrected chi connectivity index (χ1v) is 4.31. The van der Waals surface area contributed by atoms with E-state index in [2.05, 4.69) is 0 Å². The Balaban J connectivity index is 2.58. The highest BCUT2D eigenvalue weighted by Gasteiger charge is 2.28. The van der Waals surface area contributed by atoms with Gasteiger partial charge < -0.3 is 0 Å². The summed E-state index contributed by atoms with van der Waals surface area (Å²) in [5, 5.41) is 2.29. The minimum Gasteiger partial charge on any atom is -0.0611 e. The van der Waals surface area contributed by atoms with Crippen LogP contribution < -0.4 is 0 Å². The fraction of sp³-hybridized carbons (Fsp3) is 0.0909. The highest BCUT2D eigenvalue weighted by atomic mass is 16.3. The van der Waals surface area contributed by atoms with E-state index in [0.717, 1.165) is 26.8 Å². The lowest BCUT2D eigenvalue weighted by molar-refractivity contribution is -0.472. The Morgan fingerprint density at radius 3 is 2.69 bits per heavy atom. The normalized spacial score (nSPS) is 14.0. The van der Waals surface area contributed by atoms with Gasteiger partial charge in [0.2, 0.25) is 6.54 Å². The molecule has 0 fully saturated rings. The van der Waals surface area contributed by atoms with Crippen LogP contribution in [0.4, 0.5) is 5.69 Å². The Labute approximate surface area is 75.4 Å². The van der Waals surface area contributed by atoms with Gasteiger partial charge in [0.1, 0.15) is 0 Å². The maximum Gasteiger partial charge on any atom is 0.264 e. The van der Waals surface area contributed by atoms with Crippen molar-refractivity contribution in [3.63, 3.8) is 0 Å². The van der Waals surface area contributed by atoms with Crippen LogP contribution in [-0.2, 0) is 6.54 Å². The topological polar surface area (TPSA) is 20.1 Å². The van der Waals surface area contributed by atoms with Gasteiger partial charge >= 0.3 is 0 Å². The van der Waals surface area contributed by atoms with Gasteiger partial charge in [-0.1, -0.05) is 30.3 Å². The standard InChI is InChI=1S/C11H8NO/c13-12-7-9-5-1-3-8-4-2-6-10(12)11(8)9/h1-6H,7H2/q+1. The van der Waals surface area contributed by atoms with E-state index in [-0.39, 0.29) is 0 Å². The van der Waals surface area contributed by atoms with Crippen molar-refractivity contribution >= 4 is 16.5 Å². The zero-order valence-electron chi connectivity index (χ0n) is 7.03. The minimum atomic E-state index is 0.497.